The van der Waals surface area contributed by atoms with Crippen molar-refractivity contribution in [3.05, 3.63) is 47.8 Å². The standard InChI is InChI=1S/C17H17F2N7O/c1-10-3-5-25(16(27)11-2-4-21-22-7-11)8-12(10)14-6-13(15(18)19)24-17-20-9-23-26(14)17/h2,4,6-7,9-10,12,15H,3,5,8H2,1H3/t10-,12-/m1/s1. The van der Waals surface area contributed by atoms with Crippen LogP contribution < -0.4 is 0 Å². The zero-order chi connectivity index (χ0) is 19.0. The van der Waals surface area contributed by atoms with Gasteiger partial charge >= 0.3 is 0 Å². The molecule has 1 fully saturated rings. The Morgan fingerprint density at radius 1 is 1.33 bits per heavy atom. The molecule has 27 heavy (non-hydrogen) atoms. The molecule has 3 aromatic rings. The van der Waals surface area contributed by atoms with E-state index in [9.17, 15) is 13.6 Å². The number of hydrogen-bond acceptors (Lipinski definition) is 6. The van der Waals surface area contributed by atoms with E-state index in [0.717, 1.165) is 6.42 Å². The van der Waals surface area contributed by atoms with Gasteiger partial charge in [0, 0.05) is 19.0 Å². The Bertz CT molecular complexity index is 962. The van der Waals surface area contributed by atoms with Gasteiger partial charge in [-0.15, -0.1) is 0 Å². The van der Waals surface area contributed by atoms with Crippen molar-refractivity contribution in [2.45, 2.75) is 25.7 Å². The maximum absolute atomic E-state index is 13.3. The lowest BCUT2D eigenvalue weighted by atomic mass is 9.84. The van der Waals surface area contributed by atoms with Crippen LogP contribution in [0.1, 0.15) is 47.4 Å². The number of aromatic nitrogens is 6. The van der Waals surface area contributed by atoms with Crippen LogP contribution in [0.25, 0.3) is 5.78 Å². The second-order valence-corrected chi connectivity index (χ2v) is 6.63. The van der Waals surface area contributed by atoms with E-state index >= 15 is 0 Å². The first-order valence-electron chi connectivity index (χ1n) is 8.59. The predicted octanol–water partition coefficient (Wildman–Crippen LogP) is 2.12. The van der Waals surface area contributed by atoms with Crippen molar-refractivity contribution in [2.24, 2.45) is 5.92 Å². The van der Waals surface area contributed by atoms with Crippen molar-refractivity contribution in [2.75, 3.05) is 13.1 Å². The highest BCUT2D eigenvalue weighted by atomic mass is 19.3. The summed E-state index contributed by atoms with van der Waals surface area (Å²) in [6, 6.07) is 2.98. The third-order valence-corrected chi connectivity index (χ3v) is 4.98. The maximum Gasteiger partial charge on any atom is 0.280 e. The van der Waals surface area contributed by atoms with Crippen molar-refractivity contribution >= 4 is 11.7 Å². The Labute approximate surface area is 153 Å². The highest BCUT2D eigenvalue weighted by Crippen LogP contribution is 2.34. The SMILES string of the molecule is C[C@@H]1CCN(C(=O)c2ccnnc2)C[C@H]1c1cc(C(F)F)nc2ncnn12. The molecular weight excluding hydrogens is 356 g/mol. The summed E-state index contributed by atoms with van der Waals surface area (Å²) in [5, 5.41) is 11.6. The van der Waals surface area contributed by atoms with Crippen LogP contribution in [0.2, 0.25) is 0 Å². The Morgan fingerprint density at radius 3 is 2.93 bits per heavy atom. The zero-order valence-corrected chi connectivity index (χ0v) is 14.5. The van der Waals surface area contributed by atoms with Gasteiger partial charge in [-0.25, -0.2) is 18.3 Å². The Kier molecular flexibility index (Phi) is 4.46. The molecule has 140 valence electrons. The third kappa shape index (κ3) is 3.22. The van der Waals surface area contributed by atoms with Gasteiger partial charge < -0.3 is 4.90 Å². The molecule has 0 saturated carbocycles. The lowest BCUT2D eigenvalue weighted by Gasteiger charge is -2.37. The van der Waals surface area contributed by atoms with Gasteiger partial charge in [0.2, 0.25) is 0 Å². The molecular formula is C17H17F2N7O. The molecule has 1 aliphatic rings. The molecule has 10 heteroatoms. The van der Waals surface area contributed by atoms with Gasteiger partial charge in [-0.3, -0.25) is 4.79 Å². The van der Waals surface area contributed by atoms with Crippen LogP contribution in [0.3, 0.4) is 0 Å². The number of piperidine rings is 1. The monoisotopic (exact) mass is 373 g/mol. The molecule has 1 saturated heterocycles. The smallest absolute Gasteiger partial charge is 0.280 e. The number of hydrogen-bond donors (Lipinski definition) is 0. The van der Waals surface area contributed by atoms with Gasteiger partial charge in [0.15, 0.2) is 0 Å². The fourth-order valence-electron chi connectivity index (χ4n) is 3.47. The summed E-state index contributed by atoms with van der Waals surface area (Å²) < 4.78 is 28.0. The molecule has 0 radical (unpaired) electrons. The van der Waals surface area contributed by atoms with Crippen LogP contribution in [-0.2, 0) is 0 Å². The molecule has 0 bridgehead atoms. The first-order valence-corrected chi connectivity index (χ1v) is 8.59. The fraction of sp³-hybridized carbons (Fsp3) is 0.412. The first-order chi connectivity index (χ1) is 13.0. The summed E-state index contributed by atoms with van der Waals surface area (Å²) in [5.41, 5.74) is 0.706. The quantitative estimate of drug-likeness (QED) is 0.699. The Hall–Kier alpha value is -3.04. The average Bonchev–Trinajstić information content (AvgIpc) is 3.16. The van der Waals surface area contributed by atoms with E-state index in [-0.39, 0.29) is 29.2 Å². The van der Waals surface area contributed by atoms with Gasteiger partial charge in [-0.2, -0.15) is 20.3 Å². The molecule has 0 N–H and O–H groups in total. The number of rotatable bonds is 3. The normalized spacial score (nSPS) is 20.4. The van der Waals surface area contributed by atoms with E-state index in [2.05, 4.69) is 25.3 Å². The first kappa shape index (κ1) is 17.4. The van der Waals surface area contributed by atoms with E-state index in [1.54, 1.807) is 11.0 Å². The average molecular weight is 373 g/mol. The number of likely N-dealkylation sites (tertiary alicyclic amines) is 1. The van der Waals surface area contributed by atoms with Crippen LogP contribution in [0.15, 0.2) is 30.9 Å². The van der Waals surface area contributed by atoms with Crippen LogP contribution in [-0.4, -0.2) is 53.7 Å². The molecule has 8 nitrogen and oxygen atoms in total. The van der Waals surface area contributed by atoms with Crippen LogP contribution >= 0.6 is 0 Å². The lowest BCUT2D eigenvalue weighted by Crippen LogP contribution is -2.42. The van der Waals surface area contributed by atoms with Gasteiger partial charge in [0.25, 0.3) is 18.1 Å². The summed E-state index contributed by atoms with van der Waals surface area (Å²) in [6.45, 7) is 3.03. The van der Waals surface area contributed by atoms with Crippen molar-refractivity contribution in [3.8, 4) is 0 Å². The second kappa shape index (κ2) is 6.93. The molecule has 0 aliphatic carbocycles. The lowest BCUT2D eigenvalue weighted by molar-refractivity contribution is 0.0664. The largest absolute Gasteiger partial charge is 0.338 e. The molecule has 3 aromatic heterocycles. The predicted molar refractivity (Wildman–Crippen MR) is 90.2 cm³/mol. The van der Waals surface area contributed by atoms with Gasteiger partial charge in [-0.1, -0.05) is 6.92 Å². The molecule has 1 amide bonds. The highest BCUT2D eigenvalue weighted by molar-refractivity contribution is 5.93. The molecule has 0 aromatic carbocycles. The molecule has 4 rings (SSSR count). The van der Waals surface area contributed by atoms with Crippen LogP contribution in [0.4, 0.5) is 8.78 Å². The fourth-order valence-corrected chi connectivity index (χ4v) is 3.47. The minimum Gasteiger partial charge on any atom is -0.338 e. The van der Waals surface area contributed by atoms with E-state index in [0.29, 0.717) is 24.3 Å². The summed E-state index contributed by atoms with van der Waals surface area (Å²) in [7, 11) is 0. The van der Waals surface area contributed by atoms with E-state index < -0.39 is 6.43 Å². The summed E-state index contributed by atoms with van der Waals surface area (Å²) in [6.07, 6.45) is 2.22. The van der Waals surface area contributed by atoms with E-state index in [4.69, 9.17) is 0 Å². The van der Waals surface area contributed by atoms with E-state index in [1.807, 2.05) is 6.92 Å². The van der Waals surface area contributed by atoms with Crippen molar-refractivity contribution < 1.29 is 13.6 Å². The van der Waals surface area contributed by atoms with Crippen molar-refractivity contribution in [3.63, 3.8) is 0 Å². The minimum absolute atomic E-state index is 0.136. The molecule has 0 unspecified atom stereocenters. The van der Waals surface area contributed by atoms with Crippen molar-refractivity contribution in [1.82, 2.24) is 34.7 Å². The molecule has 2 atom stereocenters. The van der Waals surface area contributed by atoms with E-state index in [1.165, 1.54) is 29.3 Å². The highest BCUT2D eigenvalue weighted by Gasteiger charge is 2.33. The zero-order valence-electron chi connectivity index (χ0n) is 14.5. The van der Waals surface area contributed by atoms with Crippen LogP contribution in [0, 0.1) is 5.92 Å². The van der Waals surface area contributed by atoms with Gasteiger partial charge in [0.1, 0.15) is 12.0 Å². The minimum atomic E-state index is -2.70. The maximum atomic E-state index is 13.3. The summed E-state index contributed by atoms with van der Waals surface area (Å²) in [5.74, 6) is 0.00342. The Morgan fingerprint density at radius 2 is 2.19 bits per heavy atom. The molecule has 1 aliphatic heterocycles. The number of nitrogens with zero attached hydrogens (tertiary/aromatic N) is 7. The topological polar surface area (TPSA) is 89.2 Å². The number of carbonyl (C=O) groups excluding carboxylic acids is 1. The van der Waals surface area contributed by atoms with Gasteiger partial charge in [-0.05, 0) is 24.5 Å². The Balaban J connectivity index is 1.69. The van der Waals surface area contributed by atoms with Crippen LogP contribution in [0.5, 0.6) is 0 Å². The number of halogens is 2. The summed E-state index contributed by atoms with van der Waals surface area (Å²) >= 11 is 0. The second-order valence-electron chi connectivity index (χ2n) is 6.63. The number of fused-ring (bicyclic) bond motifs is 1. The number of amides is 1. The summed E-state index contributed by atoms with van der Waals surface area (Å²) in [4.78, 5) is 22.3. The third-order valence-electron chi connectivity index (χ3n) is 4.98. The number of carbonyl (C=O) groups is 1. The molecule has 4 heterocycles. The number of alkyl halides is 2. The van der Waals surface area contributed by atoms with Gasteiger partial charge in [0.05, 0.1) is 23.7 Å². The van der Waals surface area contributed by atoms with Crippen molar-refractivity contribution in [1.29, 1.82) is 0 Å². The molecule has 0 spiro atoms.